The van der Waals surface area contributed by atoms with E-state index in [4.69, 9.17) is 34.8 Å². The Bertz CT molecular complexity index is 468. The zero-order valence-corrected chi connectivity index (χ0v) is 10.2. The Morgan fingerprint density at radius 1 is 1.00 bits per heavy atom. The molecule has 0 saturated heterocycles. The number of hydrogen-bond acceptors (Lipinski definition) is 3. The molecule has 1 aromatic carbocycles. The van der Waals surface area contributed by atoms with Crippen LogP contribution in [0.5, 0.6) is 0 Å². The molecule has 2 rings (SSSR count). The minimum Gasteiger partial charge on any atom is -0.235 e. The summed E-state index contributed by atoms with van der Waals surface area (Å²) >= 11 is 17.0. The Morgan fingerprint density at radius 3 is 2.19 bits per heavy atom. The van der Waals surface area contributed by atoms with Crippen LogP contribution in [0.2, 0.25) is 5.02 Å². The molecule has 1 aromatic heterocycles. The van der Waals surface area contributed by atoms with Crippen molar-refractivity contribution < 1.29 is 0 Å². The smallest absolute Gasteiger partial charge is 0.184 e. The van der Waals surface area contributed by atoms with Gasteiger partial charge in [0.25, 0.3) is 0 Å². The molecule has 0 amide bonds. The van der Waals surface area contributed by atoms with Crippen molar-refractivity contribution in [1.82, 2.24) is 15.2 Å². The lowest BCUT2D eigenvalue weighted by molar-refractivity contribution is 0.891. The molecular weight excluding hydrogens is 268 g/mol. The monoisotopic (exact) mass is 273 g/mol. The molecule has 0 N–H and O–H groups in total. The fourth-order valence-corrected chi connectivity index (χ4v) is 1.46. The van der Waals surface area contributed by atoms with Crippen molar-refractivity contribution in [2.24, 2.45) is 0 Å². The van der Waals surface area contributed by atoms with Gasteiger partial charge in [0.05, 0.1) is 6.20 Å². The predicted octanol–water partition coefficient (Wildman–Crippen LogP) is 3.67. The molecule has 0 aliphatic heterocycles. The Kier molecular flexibility index (Phi) is 3.59. The molecule has 16 heavy (non-hydrogen) atoms. The number of nitrogens with zero attached hydrogens (tertiary/aromatic N) is 3. The third-order valence-electron chi connectivity index (χ3n) is 1.91. The van der Waals surface area contributed by atoms with Gasteiger partial charge in [0.2, 0.25) is 0 Å². The van der Waals surface area contributed by atoms with E-state index in [9.17, 15) is 0 Å². The maximum Gasteiger partial charge on any atom is 0.184 e. The van der Waals surface area contributed by atoms with Gasteiger partial charge in [-0.1, -0.05) is 46.9 Å². The molecule has 0 aliphatic carbocycles. The zero-order chi connectivity index (χ0) is 11.5. The van der Waals surface area contributed by atoms with Gasteiger partial charge in [-0.3, -0.25) is 0 Å². The summed E-state index contributed by atoms with van der Waals surface area (Å²) in [5.74, 6) is 0.293. The lowest BCUT2D eigenvalue weighted by Gasteiger charge is -2.01. The van der Waals surface area contributed by atoms with Crippen LogP contribution in [0.25, 0.3) is 11.3 Å². The number of rotatable bonds is 2. The molecule has 0 fully saturated rings. The van der Waals surface area contributed by atoms with Crippen LogP contribution in [0.1, 0.15) is 10.7 Å². The normalized spacial score (nSPS) is 10.8. The standard InChI is InChI=1S/C10H6Cl3N3/c11-7-3-1-6(2-4-7)8-5-14-10(9(12)13)16-15-8/h1-5,9H. The summed E-state index contributed by atoms with van der Waals surface area (Å²) in [7, 11) is 0. The SMILES string of the molecule is Clc1ccc(-c2cnc(C(Cl)Cl)nn2)cc1. The van der Waals surface area contributed by atoms with E-state index in [-0.39, 0.29) is 0 Å². The van der Waals surface area contributed by atoms with Gasteiger partial charge < -0.3 is 0 Å². The maximum atomic E-state index is 5.78. The van der Waals surface area contributed by atoms with E-state index < -0.39 is 4.84 Å². The highest BCUT2D eigenvalue weighted by atomic mass is 35.5. The van der Waals surface area contributed by atoms with Gasteiger partial charge in [-0.2, -0.15) is 0 Å². The minimum absolute atomic E-state index is 0.293. The van der Waals surface area contributed by atoms with E-state index >= 15 is 0 Å². The molecule has 0 atom stereocenters. The van der Waals surface area contributed by atoms with Gasteiger partial charge in [-0.05, 0) is 12.1 Å². The van der Waals surface area contributed by atoms with Gasteiger partial charge in [-0.25, -0.2) is 4.98 Å². The molecule has 2 aromatic rings. The van der Waals surface area contributed by atoms with Gasteiger partial charge >= 0.3 is 0 Å². The molecule has 1 heterocycles. The van der Waals surface area contributed by atoms with Gasteiger partial charge in [0.15, 0.2) is 10.7 Å². The highest BCUT2D eigenvalue weighted by molar-refractivity contribution is 6.43. The van der Waals surface area contributed by atoms with E-state index in [0.29, 0.717) is 16.5 Å². The average Bonchev–Trinajstić information content (AvgIpc) is 2.30. The molecule has 6 heteroatoms. The van der Waals surface area contributed by atoms with Gasteiger partial charge in [-0.15, -0.1) is 10.2 Å². The highest BCUT2D eigenvalue weighted by Gasteiger charge is 2.08. The number of halogens is 3. The second-order valence-corrected chi connectivity index (χ2v) is 4.54. The summed E-state index contributed by atoms with van der Waals surface area (Å²) in [6.07, 6.45) is 1.57. The molecule has 0 unspecified atom stereocenters. The van der Waals surface area contributed by atoms with Crippen molar-refractivity contribution in [3.8, 4) is 11.3 Å². The van der Waals surface area contributed by atoms with Crippen molar-refractivity contribution in [3.05, 3.63) is 41.3 Å². The van der Waals surface area contributed by atoms with E-state index in [1.807, 2.05) is 12.1 Å². The third-order valence-corrected chi connectivity index (χ3v) is 2.56. The van der Waals surface area contributed by atoms with Crippen LogP contribution in [0, 0.1) is 0 Å². The summed E-state index contributed by atoms with van der Waals surface area (Å²) in [6, 6.07) is 7.23. The third kappa shape index (κ3) is 2.61. The van der Waals surface area contributed by atoms with Gasteiger partial charge in [0.1, 0.15) is 5.69 Å². The van der Waals surface area contributed by atoms with Crippen LogP contribution in [0.15, 0.2) is 30.5 Å². The van der Waals surface area contributed by atoms with Crippen LogP contribution in [-0.2, 0) is 0 Å². The highest BCUT2D eigenvalue weighted by Crippen LogP contribution is 2.22. The molecule has 82 valence electrons. The second kappa shape index (κ2) is 4.95. The summed E-state index contributed by atoms with van der Waals surface area (Å²) in [6.45, 7) is 0. The molecule has 0 bridgehead atoms. The quantitative estimate of drug-likeness (QED) is 0.784. The largest absolute Gasteiger partial charge is 0.235 e. The van der Waals surface area contributed by atoms with E-state index in [0.717, 1.165) is 5.56 Å². The van der Waals surface area contributed by atoms with Crippen molar-refractivity contribution >= 4 is 34.8 Å². The van der Waals surface area contributed by atoms with Crippen LogP contribution in [-0.4, -0.2) is 15.2 Å². The van der Waals surface area contributed by atoms with Crippen LogP contribution < -0.4 is 0 Å². The number of benzene rings is 1. The first-order valence-corrected chi connectivity index (χ1v) is 5.65. The minimum atomic E-state index is -0.758. The zero-order valence-electron chi connectivity index (χ0n) is 7.94. The number of hydrogen-bond donors (Lipinski definition) is 0. The summed E-state index contributed by atoms with van der Waals surface area (Å²) < 4.78 is 0. The van der Waals surface area contributed by atoms with E-state index in [2.05, 4.69) is 15.2 Å². The molecule has 3 nitrogen and oxygen atoms in total. The van der Waals surface area contributed by atoms with Gasteiger partial charge in [0, 0.05) is 10.6 Å². The Hall–Kier alpha value is -0.900. The Morgan fingerprint density at radius 2 is 1.69 bits per heavy atom. The summed E-state index contributed by atoms with van der Waals surface area (Å²) in [4.78, 5) is 3.25. The Labute approximate surface area is 107 Å². The molecular formula is C10H6Cl3N3. The molecule has 0 saturated carbocycles. The van der Waals surface area contributed by atoms with E-state index in [1.54, 1.807) is 18.3 Å². The lowest BCUT2D eigenvalue weighted by Crippen LogP contribution is -1.97. The summed E-state index contributed by atoms with van der Waals surface area (Å²) in [5.41, 5.74) is 1.53. The number of aromatic nitrogens is 3. The average molecular weight is 275 g/mol. The first-order valence-electron chi connectivity index (χ1n) is 4.40. The van der Waals surface area contributed by atoms with Crippen LogP contribution in [0.4, 0.5) is 0 Å². The second-order valence-electron chi connectivity index (χ2n) is 3.01. The van der Waals surface area contributed by atoms with Crippen molar-refractivity contribution in [2.45, 2.75) is 4.84 Å². The first kappa shape index (κ1) is 11.6. The fourth-order valence-electron chi connectivity index (χ4n) is 1.14. The molecule has 0 radical (unpaired) electrons. The van der Waals surface area contributed by atoms with Crippen molar-refractivity contribution in [2.75, 3.05) is 0 Å². The van der Waals surface area contributed by atoms with Crippen LogP contribution >= 0.6 is 34.8 Å². The lowest BCUT2D eigenvalue weighted by atomic mass is 10.2. The van der Waals surface area contributed by atoms with Crippen LogP contribution in [0.3, 0.4) is 0 Å². The topological polar surface area (TPSA) is 38.7 Å². The Balaban J connectivity index is 2.31. The predicted molar refractivity (Wildman–Crippen MR) is 64.7 cm³/mol. The van der Waals surface area contributed by atoms with E-state index in [1.165, 1.54) is 0 Å². The van der Waals surface area contributed by atoms with Crippen molar-refractivity contribution in [3.63, 3.8) is 0 Å². The summed E-state index contributed by atoms with van der Waals surface area (Å²) in [5, 5.41) is 8.46. The maximum absolute atomic E-state index is 5.78. The molecule has 0 aliphatic rings. The first-order chi connectivity index (χ1) is 7.66. The molecule has 0 spiro atoms. The fraction of sp³-hybridized carbons (Fsp3) is 0.100. The number of alkyl halides is 2. The van der Waals surface area contributed by atoms with Crippen molar-refractivity contribution in [1.29, 1.82) is 0 Å².